The summed E-state index contributed by atoms with van der Waals surface area (Å²) in [5.41, 5.74) is 2.31. The molecule has 0 saturated heterocycles. The minimum atomic E-state index is 1.01. The molecule has 0 amide bonds. The number of aromatic nitrogens is 2. The summed E-state index contributed by atoms with van der Waals surface area (Å²) in [7, 11) is 0. The van der Waals surface area contributed by atoms with Crippen molar-refractivity contribution in [3.8, 4) is 0 Å². The summed E-state index contributed by atoms with van der Waals surface area (Å²) in [5.74, 6) is 0. The van der Waals surface area contributed by atoms with Gasteiger partial charge in [0.2, 0.25) is 0 Å². The quantitative estimate of drug-likeness (QED) is 0.761. The summed E-state index contributed by atoms with van der Waals surface area (Å²) in [5, 5.41) is 1.22. The molecule has 0 bridgehead atoms. The molecule has 68 valence electrons. The van der Waals surface area contributed by atoms with Gasteiger partial charge in [0.15, 0.2) is 0 Å². The average molecular weight is 174 g/mol. The van der Waals surface area contributed by atoms with Crippen LogP contribution in [0.2, 0.25) is 0 Å². The molecule has 0 spiro atoms. The Balaban J connectivity index is 2.28. The van der Waals surface area contributed by atoms with Crippen LogP contribution in [0.4, 0.5) is 0 Å². The second-order valence-corrected chi connectivity index (χ2v) is 3.34. The highest BCUT2D eigenvalue weighted by molar-refractivity contribution is 5.76. The van der Waals surface area contributed by atoms with Crippen molar-refractivity contribution in [1.29, 1.82) is 0 Å². The van der Waals surface area contributed by atoms with E-state index in [4.69, 9.17) is 0 Å². The number of aryl methyl sites for hydroxylation is 1. The summed E-state index contributed by atoms with van der Waals surface area (Å²) in [6.07, 6.45) is 5.44. The summed E-state index contributed by atoms with van der Waals surface area (Å²) in [6.45, 7) is 2.21. The van der Waals surface area contributed by atoms with Gasteiger partial charge in [0.25, 0.3) is 0 Å². The highest BCUT2D eigenvalue weighted by atomic mass is 14.8. The van der Waals surface area contributed by atoms with Crippen LogP contribution in [-0.2, 0) is 6.42 Å². The first-order valence-corrected chi connectivity index (χ1v) is 4.83. The lowest BCUT2D eigenvalue weighted by atomic mass is 10.2. The van der Waals surface area contributed by atoms with E-state index in [1.54, 1.807) is 0 Å². The van der Waals surface area contributed by atoms with Crippen molar-refractivity contribution in [2.75, 3.05) is 0 Å². The van der Waals surface area contributed by atoms with E-state index in [9.17, 15) is 0 Å². The van der Waals surface area contributed by atoms with Crippen molar-refractivity contribution >= 4 is 11.0 Å². The Morgan fingerprint density at radius 1 is 1.46 bits per heavy atom. The fourth-order valence-electron chi connectivity index (χ4n) is 1.52. The lowest BCUT2D eigenvalue weighted by Gasteiger charge is -1.92. The molecule has 2 rings (SSSR count). The second-order valence-electron chi connectivity index (χ2n) is 3.34. The number of nitrogens with zero attached hydrogens (tertiary/aromatic N) is 1. The van der Waals surface area contributed by atoms with Crippen molar-refractivity contribution in [3.05, 3.63) is 30.1 Å². The third kappa shape index (κ3) is 1.72. The van der Waals surface area contributed by atoms with E-state index >= 15 is 0 Å². The fraction of sp³-hybridized carbons (Fsp3) is 0.364. The van der Waals surface area contributed by atoms with Crippen LogP contribution in [0, 0.1) is 0 Å². The Kier molecular flexibility index (Phi) is 2.30. The number of aromatic amines is 1. The SMILES string of the molecule is CCCCc1cc2cccnc2[nH]1. The van der Waals surface area contributed by atoms with Gasteiger partial charge in [0, 0.05) is 17.3 Å². The predicted molar refractivity (Wildman–Crippen MR) is 54.7 cm³/mol. The van der Waals surface area contributed by atoms with Crippen molar-refractivity contribution in [1.82, 2.24) is 9.97 Å². The highest BCUT2D eigenvalue weighted by Gasteiger charge is 1.99. The van der Waals surface area contributed by atoms with E-state index in [0.717, 1.165) is 12.1 Å². The summed E-state index contributed by atoms with van der Waals surface area (Å²) < 4.78 is 0. The fourth-order valence-corrected chi connectivity index (χ4v) is 1.52. The molecular weight excluding hydrogens is 160 g/mol. The van der Waals surface area contributed by atoms with E-state index in [2.05, 4.69) is 29.0 Å². The number of unbranched alkanes of at least 4 members (excludes halogenated alkanes) is 1. The third-order valence-corrected chi connectivity index (χ3v) is 2.25. The van der Waals surface area contributed by atoms with Gasteiger partial charge in [0.1, 0.15) is 5.65 Å². The Morgan fingerprint density at radius 3 is 3.15 bits per heavy atom. The predicted octanol–water partition coefficient (Wildman–Crippen LogP) is 2.91. The molecule has 2 heterocycles. The molecule has 1 N–H and O–H groups in total. The molecule has 0 aliphatic carbocycles. The maximum absolute atomic E-state index is 4.25. The number of hydrogen-bond acceptors (Lipinski definition) is 1. The van der Waals surface area contributed by atoms with Gasteiger partial charge in [-0.3, -0.25) is 0 Å². The molecule has 2 aromatic rings. The number of hydrogen-bond donors (Lipinski definition) is 1. The van der Waals surface area contributed by atoms with Crippen LogP contribution in [0.25, 0.3) is 11.0 Å². The Labute approximate surface area is 78.0 Å². The molecule has 0 atom stereocenters. The van der Waals surface area contributed by atoms with E-state index < -0.39 is 0 Å². The van der Waals surface area contributed by atoms with Crippen LogP contribution in [0.1, 0.15) is 25.5 Å². The van der Waals surface area contributed by atoms with Crippen LogP contribution in [-0.4, -0.2) is 9.97 Å². The van der Waals surface area contributed by atoms with E-state index in [1.165, 1.54) is 23.9 Å². The third-order valence-electron chi connectivity index (χ3n) is 2.25. The van der Waals surface area contributed by atoms with Gasteiger partial charge in [0.05, 0.1) is 0 Å². The molecule has 13 heavy (non-hydrogen) atoms. The van der Waals surface area contributed by atoms with Crippen LogP contribution in [0.15, 0.2) is 24.4 Å². The van der Waals surface area contributed by atoms with Gasteiger partial charge in [-0.15, -0.1) is 0 Å². The molecule has 2 aromatic heterocycles. The standard InChI is InChI=1S/C11H14N2/c1-2-3-6-10-8-9-5-4-7-12-11(9)13-10/h4-5,7-8H,2-3,6H2,1H3,(H,12,13). The maximum atomic E-state index is 4.25. The molecule has 0 unspecified atom stereocenters. The number of fused-ring (bicyclic) bond motifs is 1. The number of rotatable bonds is 3. The maximum Gasteiger partial charge on any atom is 0.137 e. The van der Waals surface area contributed by atoms with E-state index in [1.807, 2.05) is 12.3 Å². The molecular formula is C11H14N2. The van der Waals surface area contributed by atoms with Crippen molar-refractivity contribution < 1.29 is 0 Å². The van der Waals surface area contributed by atoms with Gasteiger partial charge in [-0.1, -0.05) is 13.3 Å². The molecule has 0 saturated carbocycles. The monoisotopic (exact) mass is 174 g/mol. The summed E-state index contributed by atoms with van der Waals surface area (Å²) in [6, 6.07) is 6.26. The Bertz CT molecular complexity index is 357. The van der Waals surface area contributed by atoms with Crippen molar-refractivity contribution in [3.63, 3.8) is 0 Å². The van der Waals surface area contributed by atoms with Crippen LogP contribution >= 0.6 is 0 Å². The second kappa shape index (κ2) is 3.60. The molecule has 0 aliphatic rings. The lowest BCUT2D eigenvalue weighted by molar-refractivity contribution is 0.782. The van der Waals surface area contributed by atoms with Crippen LogP contribution in [0.3, 0.4) is 0 Å². The van der Waals surface area contributed by atoms with Crippen LogP contribution in [0.5, 0.6) is 0 Å². The lowest BCUT2D eigenvalue weighted by Crippen LogP contribution is -1.83. The van der Waals surface area contributed by atoms with Crippen LogP contribution < -0.4 is 0 Å². The topological polar surface area (TPSA) is 28.7 Å². The molecule has 2 heteroatoms. The molecule has 2 nitrogen and oxygen atoms in total. The first-order chi connectivity index (χ1) is 6.40. The van der Waals surface area contributed by atoms with Gasteiger partial charge in [-0.25, -0.2) is 4.98 Å². The minimum Gasteiger partial charge on any atom is -0.343 e. The van der Waals surface area contributed by atoms with E-state index in [-0.39, 0.29) is 0 Å². The molecule has 0 aromatic carbocycles. The van der Waals surface area contributed by atoms with Gasteiger partial charge >= 0.3 is 0 Å². The van der Waals surface area contributed by atoms with Gasteiger partial charge < -0.3 is 4.98 Å². The highest BCUT2D eigenvalue weighted by Crippen LogP contribution is 2.13. The normalized spacial score (nSPS) is 10.8. The van der Waals surface area contributed by atoms with Gasteiger partial charge in [-0.05, 0) is 31.0 Å². The number of H-pyrrole nitrogens is 1. The van der Waals surface area contributed by atoms with Crippen molar-refractivity contribution in [2.24, 2.45) is 0 Å². The Morgan fingerprint density at radius 2 is 2.38 bits per heavy atom. The Hall–Kier alpha value is -1.31. The number of nitrogens with one attached hydrogen (secondary N) is 1. The summed E-state index contributed by atoms with van der Waals surface area (Å²) in [4.78, 5) is 7.57. The zero-order chi connectivity index (χ0) is 9.10. The van der Waals surface area contributed by atoms with Gasteiger partial charge in [-0.2, -0.15) is 0 Å². The largest absolute Gasteiger partial charge is 0.343 e. The zero-order valence-electron chi connectivity index (χ0n) is 7.88. The van der Waals surface area contributed by atoms with Crippen molar-refractivity contribution in [2.45, 2.75) is 26.2 Å². The minimum absolute atomic E-state index is 1.01. The molecule has 0 fully saturated rings. The first kappa shape index (κ1) is 8.30. The van der Waals surface area contributed by atoms with E-state index in [0.29, 0.717) is 0 Å². The first-order valence-electron chi connectivity index (χ1n) is 4.83. The smallest absolute Gasteiger partial charge is 0.137 e. The zero-order valence-corrected chi connectivity index (χ0v) is 7.88. The summed E-state index contributed by atoms with van der Waals surface area (Å²) >= 11 is 0. The molecule has 0 aliphatic heterocycles. The molecule has 0 radical (unpaired) electrons. The number of pyridine rings is 1. The average Bonchev–Trinajstić information content (AvgIpc) is 2.57.